The molecule has 4 nitrogen and oxygen atoms in total. The van der Waals surface area contributed by atoms with Gasteiger partial charge in [-0.2, -0.15) is 0 Å². The number of rotatable bonds is 4. The second kappa shape index (κ2) is 7.13. The molecular weight excluding hydrogens is 240 g/mol. The standard InChI is InChI=1S/C15H28N2O2/c1-12-8-10-17(11-14(12)18)15(19)16-9-4-7-13-5-2-3-6-13/h12-14,18H,2-11H2,1H3,(H,16,19). The lowest BCUT2D eigenvalue weighted by molar-refractivity contribution is 0.0436. The van der Waals surface area contributed by atoms with Crippen LogP contribution in [0.4, 0.5) is 4.79 Å². The summed E-state index contributed by atoms with van der Waals surface area (Å²) in [7, 11) is 0. The maximum absolute atomic E-state index is 12.0. The van der Waals surface area contributed by atoms with Gasteiger partial charge in [0.15, 0.2) is 0 Å². The Morgan fingerprint density at radius 2 is 2.05 bits per heavy atom. The van der Waals surface area contributed by atoms with Crippen molar-refractivity contribution < 1.29 is 9.90 Å². The lowest BCUT2D eigenvalue weighted by Gasteiger charge is -2.34. The molecule has 19 heavy (non-hydrogen) atoms. The Bertz CT molecular complexity index is 290. The Balaban J connectivity index is 1.58. The molecular formula is C15H28N2O2. The predicted molar refractivity (Wildman–Crippen MR) is 76.0 cm³/mol. The summed E-state index contributed by atoms with van der Waals surface area (Å²) in [5, 5.41) is 12.8. The molecule has 2 atom stereocenters. The van der Waals surface area contributed by atoms with E-state index in [-0.39, 0.29) is 12.1 Å². The Kier molecular flexibility index (Phi) is 5.49. The van der Waals surface area contributed by atoms with E-state index in [0.29, 0.717) is 12.5 Å². The van der Waals surface area contributed by atoms with Gasteiger partial charge in [-0.15, -0.1) is 0 Å². The number of aliphatic hydroxyl groups is 1. The largest absolute Gasteiger partial charge is 0.391 e. The summed E-state index contributed by atoms with van der Waals surface area (Å²) in [4.78, 5) is 13.7. The molecule has 1 heterocycles. The van der Waals surface area contributed by atoms with Gasteiger partial charge in [0.25, 0.3) is 0 Å². The van der Waals surface area contributed by atoms with Crippen LogP contribution in [-0.4, -0.2) is 41.8 Å². The van der Waals surface area contributed by atoms with Crippen molar-refractivity contribution in [2.45, 2.75) is 58.0 Å². The molecule has 1 aliphatic heterocycles. The molecule has 1 saturated heterocycles. The van der Waals surface area contributed by atoms with Gasteiger partial charge in [0.05, 0.1) is 6.10 Å². The third-order valence-corrected chi connectivity index (χ3v) is 4.75. The quantitative estimate of drug-likeness (QED) is 0.769. The summed E-state index contributed by atoms with van der Waals surface area (Å²) < 4.78 is 0. The molecule has 2 fully saturated rings. The van der Waals surface area contributed by atoms with Crippen molar-refractivity contribution in [1.82, 2.24) is 10.2 Å². The molecule has 0 aromatic carbocycles. The van der Waals surface area contributed by atoms with Crippen molar-refractivity contribution in [2.75, 3.05) is 19.6 Å². The van der Waals surface area contributed by atoms with Crippen molar-refractivity contribution in [3.63, 3.8) is 0 Å². The van der Waals surface area contributed by atoms with E-state index < -0.39 is 0 Å². The molecule has 0 bridgehead atoms. The minimum atomic E-state index is -0.363. The van der Waals surface area contributed by atoms with Crippen LogP contribution >= 0.6 is 0 Å². The zero-order valence-electron chi connectivity index (χ0n) is 12.1. The van der Waals surface area contributed by atoms with Crippen molar-refractivity contribution in [2.24, 2.45) is 11.8 Å². The number of urea groups is 1. The van der Waals surface area contributed by atoms with Gasteiger partial charge in [0.1, 0.15) is 0 Å². The molecule has 2 unspecified atom stereocenters. The van der Waals surface area contributed by atoms with Gasteiger partial charge < -0.3 is 15.3 Å². The van der Waals surface area contributed by atoms with E-state index >= 15 is 0 Å². The minimum Gasteiger partial charge on any atom is -0.391 e. The summed E-state index contributed by atoms with van der Waals surface area (Å²) >= 11 is 0. The van der Waals surface area contributed by atoms with E-state index in [1.165, 1.54) is 32.1 Å². The molecule has 1 aliphatic carbocycles. The van der Waals surface area contributed by atoms with Gasteiger partial charge in [-0.25, -0.2) is 4.79 Å². The third-order valence-electron chi connectivity index (χ3n) is 4.75. The minimum absolute atomic E-state index is 0.00243. The zero-order chi connectivity index (χ0) is 13.7. The van der Waals surface area contributed by atoms with E-state index in [2.05, 4.69) is 5.32 Å². The number of piperidine rings is 1. The highest BCUT2D eigenvalue weighted by Gasteiger charge is 2.27. The maximum atomic E-state index is 12.0. The summed E-state index contributed by atoms with van der Waals surface area (Å²) in [5.41, 5.74) is 0. The predicted octanol–water partition coefficient (Wildman–Crippen LogP) is 2.37. The Hall–Kier alpha value is -0.770. The van der Waals surface area contributed by atoms with E-state index in [1.54, 1.807) is 4.90 Å². The molecule has 110 valence electrons. The van der Waals surface area contributed by atoms with Crippen LogP contribution in [0.25, 0.3) is 0 Å². The Morgan fingerprint density at radius 3 is 2.74 bits per heavy atom. The van der Waals surface area contributed by atoms with Gasteiger partial charge in [0.2, 0.25) is 0 Å². The number of likely N-dealkylation sites (tertiary alicyclic amines) is 1. The lowest BCUT2D eigenvalue weighted by Crippen LogP contribution is -2.49. The fraction of sp³-hybridized carbons (Fsp3) is 0.933. The normalized spacial score (nSPS) is 28.6. The number of hydrogen-bond donors (Lipinski definition) is 2. The van der Waals surface area contributed by atoms with Gasteiger partial charge in [-0.1, -0.05) is 32.6 Å². The molecule has 2 rings (SSSR count). The Labute approximate surface area is 116 Å². The average molecular weight is 268 g/mol. The first-order chi connectivity index (χ1) is 9.16. The highest BCUT2D eigenvalue weighted by atomic mass is 16.3. The topological polar surface area (TPSA) is 52.6 Å². The third kappa shape index (κ3) is 4.37. The van der Waals surface area contributed by atoms with Crippen LogP contribution in [0.3, 0.4) is 0 Å². The number of β-amino-alcohol motifs (C(OH)–C–C–N with tert-alkyl or cyclic N) is 1. The van der Waals surface area contributed by atoms with Crippen LogP contribution in [0.15, 0.2) is 0 Å². The first-order valence-corrected chi connectivity index (χ1v) is 7.87. The van der Waals surface area contributed by atoms with Crippen LogP contribution in [0.1, 0.15) is 51.9 Å². The van der Waals surface area contributed by atoms with Crippen LogP contribution in [0.2, 0.25) is 0 Å². The number of carbonyl (C=O) groups excluding carboxylic acids is 1. The van der Waals surface area contributed by atoms with Gasteiger partial charge in [-0.3, -0.25) is 0 Å². The van der Waals surface area contributed by atoms with Gasteiger partial charge in [0, 0.05) is 19.6 Å². The molecule has 4 heteroatoms. The molecule has 2 amide bonds. The monoisotopic (exact) mass is 268 g/mol. The fourth-order valence-electron chi connectivity index (χ4n) is 3.23. The molecule has 0 aromatic heterocycles. The fourth-order valence-corrected chi connectivity index (χ4v) is 3.23. The summed E-state index contributed by atoms with van der Waals surface area (Å²) in [6, 6.07) is -0.00243. The van der Waals surface area contributed by atoms with Crippen LogP contribution in [0.5, 0.6) is 0 Å². The van der Waals surface area contributed by atoms with Crippen LogP contribution < -0.4 is 5.32 Å². The zero-order valence-corrected chi connectivity index (χ0v) is 12.1. The first kappa shape index (κ1) is 14.6. The highest BCUT2D eigenvalue weighted by Crippen LogP contribution is 2.28. The van der Waals surface area contributed by atoms with E-state index in [1.807, 2.05) is 6.92 Å². The second-order valence-corrected chi connectivity index (χ2v) is 6.30. The summed E-state index contributed by atoms with van der Waals surface area (Å²) in [6.07, 6.45) is 8.41. The molecule has 0 spiro atoms. The average Bonchev–Trinajstić information content (AvgIpc) is 2.91. The molecule has 0 radical (unpaired) electrons. The molecule has 2 N–H and O–H groups in total. The number of aliphatic hydroxyl groups excluding tert-OH is 1. The number of amides is 2. The Morgan fingerprint density at radius 1 is 1.32 bits per heavy atom. The van der Waals surface area contributed by atoms with Gasteiger partial charge in [-0.05, 0) is 31.1 Å². The van der Waals surface area contributed by atoms with Crippen LogP contribution in [0, 0.1) is 11.8 Å². The van der Waals surface area contributed by atoms with Crippen molar-refractivity contribution in [1.29, 1.82) is 0 Å². The summed E-state index contributed by atoms with van der Waals surface area (Å²) in [6.45, 7) is 4.07. The maximum Gasteiger partial charge on any atom is 0.317 e. The number of hydrogen-bond acceptors (Lipinski definition) is 2. The van der Waals surface area contributed by atoms with Crippen LogP contribution in [-0.2, 0) is 0 Å². The molecule has 0 aromatic rings. The number of nitrogens with zero attached hydrogens (tertiary/aromatic N) is 1. The lowest BCUT2D eigenvalue weighted by atomic mass is 9.96. The molecule has 2 aliphatic rings. The van der Waals surface area contributed by atoms with E-state index in [4.69, 9.17) is 0 Å². The smallest absolute Gasteiger partial charge is 0.317 e. The molecule has 1 saturated carbocycles. The van der Waals surface area contributed by atoms with Crippen molar-refractivity contribution in [3.8, 4) is 0 Å². The van der Waals surface area contributed by atoms with Crippen molar-refractivity contribution >= 4 is 6.03 Å². The second-order valence-electron chi connectivity index (χ2n) is 6.30. The highest BCUT2D eigenvalue weighted by molar-refractivity contribution is 5.74. The SMILES string of the molecule is CC1CCN(C(=O)NCCCC2CCCC2)CC1O. The summed E-state index contributed by atoms with van der Waals surface area (Å²) in [5.74, 6) is 1.21. The van der Waals surface area contributed by atoms with Gasteiger partial charge >= 0.3 is 6.03 Å². The van der Waals surface area contributed by atoms with E-state index in [0.717, 1.165) is 31.8 Å². The van der Waals surface area contributed by atoms with E-state index in [9.17, 15) is 9.90 Å². The number of carbonyl (C=O) groups is 1. The number of nitrogens with one attached hydrogen (secondary N) is 1. The van der Waals surface area contributed by atoms with Crippen molar-refractivity contribution in [3.05, 3.63) is 0 Å². The first-order valence-electron chi connectivity index (χ1n) is 7.87.